The van der Waals surface area contributed by atoms with E-state index in [0.717, 1.165) is 16.5 Å². The molecule has 1 aromatic rings. The summed E-state index contributed by atoms with van der Waals surface area (Å²) in [7, 11) is 1.66. The van der Waals surface area contributed by atoms with Crippen LogP contribution >= 0.6 is 15.9 Å². The SMILES string of the molecule is COCCCC(O)c1cncc(Br)c1. The second kappa shape index (κ2) is 6.11. The lowest BCUT2D eigenvalue weighted by Crippen LogP contribution is -2.00. The molecule has 0 aromatic carbocycles. The smallest absolute Gasteiger partial charge is 0.0806 e. The molecule has 14 heavy (non-hydrogen) atoms. The van der Waals surface area contributed by atoms with Gasteiger partial charge in [0, 0.05) is 30.6 Å². The van der Waals surface area contributed by atoms with Crippen LogP contribution in [0.2, 0.25) is 0 Å². The van der Waals surface area contributed by atoms with Gasteiger partial charge in [-0.05, 0) is 40.4 Å². The number of nitrogens with zero attached hydrogens (tertiary/aromatic N) is 1. The molecule has 0 aliphatic rings. The number of aromatic nitrogens is 1. The monoisotopic (exact) mass is 259 g/mol. The number of hydrogen-bond acceptors (Lipinski definition) is 3. The van der Waals surface area contributed by atoms with Crippen molar-refractivity contribution in [1.82, 2.24) is 4.98 Å². The fourth-order valence-electron chi connectivity index (χ4n) is 1.20. The Hall–Kier alpha value is -0.450. The van der Waals surface area contributed by atoms with Gasteiger partial charge in [-0.1, -0.05) is 0 Å². The van der Waals surface area contributed by atoms with Crippen LogP contribution in [-0.4, -0.2) is 23.8 Å². The highest BCUT2D eigenvalue weighted by molar-refractivity contribution is 9.10. The second-order valence-electron chi connectivity index (χ2n) is 3.09. The van der Waals surface area contributed by atoms with E-state index in [2.05, 4.69) is 20.9 Å². The zero-order chi connectivity index (χ0) is 10.4. The molecule has 1 heterocycles. The molecule has 1 N–H and O–H groups in total. The van der Waals surface area contributed by atoms with E-state index in [9.17, 15) is 5.11 Å². The van der Waals surface area contributed by atoms with Gasteiger partial charge in [-0.25, -0.2) is 0 Å². The van der Waals surface area contributed by atoms with Crippen molar-refractivity contribution in [1.29, 1.82) is 0 Å². The molecule has 1 aromatic heterocycles. The van der Waals surface area contributed by atoms with Gasteiger partial charge in [-0.15, -0.1) is 0 Å². The average molecular weight is 260 g/mol. The third-order valence-electron chi connectivity index (χ3n) is 1.94. The Kier molecular flexibility index (Phi) is 5.07. The van der Waals surface area contributed by atoms with Gasteiger partial charge in [-0.3, -0.25) is 4.98 Å². The van der Waals surface area contributed by atoms with Gasteiger partial charge in [0.25, 0.3) is 0 Å². The predicted octanol–water partition coefficient (Wildman–Crippen LogP) is 2.30. The molecule has 1 atom stereocenters. The summed E-state index contributed by atoms with van der Waals surface area (Å²) in [6.45, 7) is 0.679. The van der Waals surface area contributed by atoms with Gasteiger partial charge < -0.3 is 9.84 Å². The van der Waals surface area contributed by atoms with Crippen molar-refractivity contribution in [3.8, 4) is 0 Å². The summed E-state index contributed by atoms with van der Waals surface area (Å²) < 4.78 is 5.81. The quantitative estimate of drug-likeness (QED) is 0.826. The van der Waals surface area contributed by atoms with Crippen LogP contribution in [0, 0.1) is 0 Å². The summed E-state index contributed by atoms with van der Waals surface area (Å²) in [5.74, 6) is 0. The lowest BCUT2D eigenvalue weighted by molar-refractivity contribution is 0.136. The van der Waals surface area contributed by atoms with Gasteiger partial charge in [0.1, 0.15) is 0 Å². The Labute approximate surface area is 92.3 Å². The summed E-state index contributed by atoms with van der Waals surface area (Å²) in [5.41, 5.74) is 0.843. The minimum absolute atomic E-state index is 0.449. The Morgan fingerprint density at radius 1 is 1.57 bits per heavy atom. The molecule has 3 nitrogen and oxygen atoms in total. The molecular weight excluding hydrogens is 246 g/mol. The molecule has 0 aliphatic heterocycles. The highest BCUT2D eigenvalue weighted by Crippen LogP contribution is 2.20. The maximum atomic E-state index is 9.76. The van der Waals surface area contributed by atoms with Crippen LogP contribution in [0.5, 0.6) is 0 Å². The first kappa shape index (κ1) is 11.6. The molecule has 78 valence electrons. The van der Waals surface area contributed by atoms with Gasteiger partial charge in [0.05, 0.1) is 6.10 Å². The van der Waals surface area contributed by atoms with E-state index in [1.54, 1.807) is 19.5 Å². The largest absolute Gasteiger partial charge is 0.388 e. The maximum absolute atomic E-state index is 9.76. The van der Waals surface area contributed by atoms with Gasteiger partial charge in [0.15, 0.2) is 0 Å². The van der Waals surface area contributed by atoms with Crippen molar-refractivity contribution >= 4 is 15.9 Å². The van der Waals surface area contributed by atoms with Crippen LogP contribution in [0.4, 0.5) is 0 Å². The van der Waals surface area contributed by atoms with Crippen molar-refractivity contribution in [2.75, 3.05) is 13.7 Å². The minimum Gasteiger partial charge on any atom is -0.388 e. The molecule has 0 saturated carbocycles. The van der Waals surface area contributed by atoms with E-state index < -0.39 is 6.10 Å². The van der Waals surface area contributed by atoms with Crippen molar-refractivity contribution in [2.24, 2.45) is 0 Å². The molecule has 0 amide bonds. The number of aliphatic hydroxyl groups excluding tert-OH is 1. The number of aliphatic hydroxyl groups is 1. The van der Waals surface area contributed by atoms with Gasteiger partial charge >= 0.3 is 0 Å². The molecule has 0 radical (unpaired) electrons. The first-order chi connectivity index (χ1) is 6.74. The Bertz CT molecular complexity index is 281. The van der Waals surface area contributed by atoms with Crippen LogP contribution < -0.4 is 0 Å². The van der Waals surface area contributed by atoms with Gasteiger partial charge in [-0.2, -0.15) is 0 Å². The summed E-state index contributed by atoms with van der Waals surface area (Å²) >= 11 is 3.31. The maximum Gasteiger partial charge on any atom is 0.0806 e. The van der Waals surface area contributed by atoms with E-state index in [0.29, 0.717) is 13.0 Å². The number of pyridine rings is 1. The standard InChI is InChI=1S/C10H14BrNO2/c1-14-4-2-3-10(13)8-5-9(11)7-12-6-8/h5-7,10,13H,2-4H2,1H3. The number of hydrogen-bond donors (Lipinski definition) is 1. The minimum atomic E-state index is -0.449. The topological polar surface area (TPSA) is 42.4 Å². The summed E-state index contributed by atoms with van der Waals surface area (Å²) in [4.78, 5) is 4.00. The van der Waals surface area contributed by atoms with Crippen LogP contribution in [0.25, 0.3) is 0 Å². The third kappa shape index (κ3) is 3.74. The van der Waals surface area contributed by atoms with E-state index >= 15 is 0 Å². The Morgan fingerprint density at radius 2 is 2.36 bits per heavy atom. The van der Waals surface area contributed by atoms with Crippen molar-refractivity contribution in [2.45, 2.75) is 18.9 Å². The molecule has 0 spiro atoms. The molecule has 0 aliphatic carbocycles. The van der Waals surface area contributed by atoms with Crippen LogP contribution in [0.15, 0.2) is 22.9 Å². The van der Waals surface area contributed by atoms with Crippen molar-refractivity contribution in [3.63, 3.8) is 0 Å². The van der Waals surface area contributed by atoms with Crippen LogP contribution in [0.3, 0.4) is 0 Å². The first-order valence-corrected chi connectivity index (χ1v) is 5.31. The second-order valence-corrected chi connectivity index (χ2v) is 4.00. The summed E-state index contributed by atoms with van der Waals surface area (Å²) in [5, 5.41) is 9.76. The Balaban J connectivity index is 2.47. The predicted molar refractivity (Wildman–Crippen MR) is 58.0 cm³/mol. The Morgan fingerprint density at radius 3 is 3.00 bits per heavy atom. The molecule has 4 heteroatoms. The number of methoxy groups -OCH3 is 1. The average Bonchev–Trinajstić information content (AvgIpc) is 2.18. The summed E-state index contributed by atoms with van der Waals surface area (Å²) in [6.07, 6.45) is 4.49. The fraction of sp³-hybridized carbons (Fsp3) is 0.500. The zero-order valence-electron chi connectivity index (χ0n) is 8.11. The molecule has 0 saturated heterocycles. The number of rotatable bonds is 5. The number of halogens is 1. The third-order valence-corrected chi connectivity index (χ3v) is 2.37. The van der Waals surface area contributed by atoms with Crippen molar-refractivity contribution in [3.05, 3.63) is 28.5 Å². The first-order valence-electron chi connectivity index (χ1n) is 4.51. The molecule has 0 fully saturated rings. The molecule has 0 bridgehead atoms. The van der Waals surface area contributed by atoms with Crippen LogP contribution in [0.1, 0.15) is 24.5 Å². The van der Waals surface area contributed by atoms with Crippen LogP contribution in [-0.2, 0) is 4.74 Å². The fourth-order valence-corrected chi connectivity index (χ4v) is 1.58. The zero-order valence-corrected chi connectivity index (χ0v) is 9.70. The molecular formula is C10H14BrNO2. The van der Waals surface area contributed by atoms with E-state index in [1.807, 2.05) is 6.07 Å². The summed E-state index contributed by atoms with van der Waals surface area (Å²) in [6, 6.07) is 1.88. The highest BCUT2D eigenvalue weighted by atomic mass is 79.9. The van der Waals surface area contributed by atoms with Crippen molar-refractivity contribution < 1.29 is 9.84 Å². The van der Waals surface area contributed by atoms with Gasteiger partial charge in [0.2, 0.25) is 0 Å². The highest BCUT2D eigenvalue weighted by Gasteiger charge is 2.07. The van der Waals surface area contributed by atoms with E-state index in [1.165, 1.54) is 0 Å². The molecule has 1 rings (SSSR count). The lowest BCUT2D eigenvalue weighted by Gasteiger charge is -2.09. The normalized spacial score (nSPS) is 12.8. The lowest BCUT2D eigenvalue weighted by atomic mass is 10.1. The molecule has 1 unspecified atom stereocenters. The van der Waals surface area contributed by atoms with E-state index in [4.69, 9.17) is 4.74 Å². The van der Waals surface area contributed by atoms with E-state index in [-0.39, 0.29) is 0 Å². The number of ether oxygens (including phenoxy) is 1.